The van der Waals surface area contributed by atoms with Crippen LogP contribution in [-0.4, -0.2) is 22.5 Å². The maximum atomic E-state index is 12.2. The van der Waals surface area contributed by atoms with Crippen LogP contribution < -0.4 is 5.32 Å². The number of carbonyl (C=O) groups is 1. The zero-order valence-corrected chi connectivity index (χ0v) is 16.6. The molecule has 1 aromatic heterocycles. The summed E-state index contributed by atoms with van der Waals surface area (Å²) in [6.45, 7) is 4.00. The first-order chi connectivity index (χ1) is 14.4. The van der Waals surface area contributed by atoms with E-state index in [1.54, 1.807) is 6.92 Å². The van der Waals surface area contributed by atoms with Crippen LogP contribution in [0.1, 0.15) is 34.2 Å². The molecule has 8 nitrogen and oxygen atoms in total. The molecule has 0 aliphatic carbocycles. The van der Waals surface area contributed by atoms with Gasteiger partial charge in [-0.3, -0.25) is 10.1 Å². The van der Waals surface area contributed by atoms with Gasteiger partial charge in [-0.15, -0.1) is 0 Å². The van der Waals surface area contributed by atoms with Crippen molar-refractivity contribution in [3.05, 3.63) is 81.2 Å². The van der Waals surface area contributed by atoms with E-state index >= 15 is 0 Å². The molecule has 0 aliphatic heterocycles. The zero-order valence-electron chi connectivity index (χ0n) is 16.6. The minimum Gasteiger partial charge on any atom is -0.462 e. The third-order valence-corrected chi connectivity index (χ3v) is 4.53. The third-order valence-electron chi connectivity index (χ3n) is 4.53. The molecular weight excluding hydrogens is 384 g/mol. The summed E-state index contributed by atoms with van der Waals surface area (Å²) >= 11 is 0. The summed E-state index contributed by atoms with van der Waals surface area (Å²) in [7, 11) is 0. The first-order valence-electron chi connectivity index (χ1n) is 9.32. The number of aromatic nitrogens is 1. The summed E-state index contributed by atoms with van der Waals surface area (Å²) in [5.41, 5.74) is 4.00. The maximum Gasteiger partial charge on any atom is 0.340 e. The first kappa shape index (κ1) is 20.6. The van der Waals surface area contributed by atoms with Gasteiger partial charge in [0.15, 0.2) is 0 Å². The number of aryl methyl sites for hydroxylation is 1. The molecule has 2 N–H and O–H groups in total. The Morgan fingerprint density at radius 1 is 1.27 bits per heavy atom. The highest BCUT2D eigenvalue weighted by molar-refractivity contribution is 5.98. The van der Waals surface area contributed by atoms with Crippen molar-refractivity contribution in [2.24, 2.45) is 0 Å². The molecule has 152 valence electrons. The van der Waals surface area contributed by atoms with Gasteiger partial charge >= 0.3 is 5.97 Å². The number of nitriles is 1. The van der Waals surface area contributed by atoms with Crippen LogP contribution >= 0.6 is 0 Å². The summed E-state index contributed by atoms with van der Waals surface area (Å²) in [6.07, 6.45) is 0. The summed E-state index contributed by atoms with van der Waals surface area (Å²) in [5.74, 6) is -0.620. The predicted molar refractivity (Wildman–Crippen MR) is 112 cm³/mol. The lowest BCUT2D eigenvalue weighted by atomic mass is 10.0. The molecule has 1 heterocycles. The second-order valence-electron chi connectivity index (χ2n) is 6.58. The molecule has 0 saturated heterocycles. The number of hydrogen-bond donors (Lipinski definition) is 2. The number of para-hydroxylation sites is 1. The molecular formula is C22H20N4O4. The maximum absolute atomic E-state index is 12.2. The Kier molecular flexibility index (Phi) is 6.13. The van der Waals surface area contributed by atoms with Crippen molar-refractivity contribution in [2.75, 3.05) is 11.9 Å². The molecule has 0 bridgehead atoms. The quantitative estimate of drug-likeness (QED) is 0.338. The van der Waals surface area contributed by atoms with Gasteiger partial charge in [-0.25, -0.2) is 4.79 Å². The van der Waals surface area contributed by atoms with E-state index in [1.807, 2.05) is 37.3 Å². The highest BCUT2D eigenvalue weighted by Gasteiger charge is 2.22. The van der Waals surface area contributed by atoms with Crippen LogP contribution in [0.2, 0.25) is 0 Å². The van der Waals surface area contributed by atoms with E-state index in [0.29, 0.717) is 5.69 Å². The molecule has 8 heteroatoms. The smallest absolute Gasteiger partial charge is 0.340 e. The fourth-order valence-electron chi connectivity index (χ4n) is 3.15. The van der Waals surface area contributed by atoms with Gasteiger partial charge in [0.1, 0.15) is 17.5 Å². The van der Waals surface area contributed by atoms with Gasteiger partial charge in [0, 0.05) is 23.9 Å². The lowest BCUT2D eigenvalue weighted by molar-refractivity contribution is -0.384. The minimum absolute atomic E-state index is 0.115. The van der Waals surface area contributed by atoms with Gasteiger partial charge in [0.25, 0.3) is 5.69 Å². The van der Waals surface area contributed by atoms with Crippen LogP contribution in [0.4, 0.5) is 11.4 Å². The van der Waals surface area contributed by atoms with Crippen LogP contribution in [0, 0.1) is 28.4 Å². The third kappa shape index (κ3) is 4.31. The summed E-state index contributed by atoms with van der Waals surface area (Å²) in [4.78, 5) is 26.1. The molecule has 0 fully saturated rings. The van der Waals surface area contributed by atoms with Crippen molar-refractivity contribution in [3.8, 4) is 17.2 Å². The Hall–Kier alpha value is -4.12. The summed E-state index contributed by atoms with van der Waals surface area (Å²) < 4.78 is 5.01. The Morgan fingerprint density at radius 2 is 2.00 bits per heavy atom. The Morgan fingerprint density at radius 3 is 2.63 bits per heavy atom. The predicted octanol–water partition coefficient (Wildman–Crippen LogP) is 4.56. The number of anilines is 1. The second kappa shape index (κ2) is 8.92. The van der Waals surface area contributed by atoms with Crippen molar-refractivity contribution in [2.45, 2.75) is 20.4 Å². The molecule has 0 amide bonds. The molecule has 0 saturated carbocycles. The number of ether oxygens (including phenoxy) is 1. The molecule has 3 rings (SSSR count). The van der Waals surface area contributed by atoms with E-state index in [1.165, 1.54) is 18.2 Å². The van der Waals surface area contributed by atoms with Gasteiger partial charge in [-0.2, -0.15) is 5.26 Å². The number of nitrogens with zero attached hydrogens (tertiary/aromatic N) is 2. The number of benzene rings is 2. The van der Waals surface area contributed by atoms with Crippen LogP contribution in [0.25, 0.3) is 11.1 Å². The second-order valence-corrected chi connectivity index (χ2v) is 6.58. The first-order valence-corrected chi connectivity index (χ1v) is 9.32. The lowest BCUT2D eigenvalue weighted by Gasteiger charge is -2.12. The van der Waals surface area contributed by atoms with Crippen molar-refractivity contribution < 1.29 is 14.5 Å². The van der Waals surface area contributed by atoms with Crippen LogP contribution in [0.5, 0.6) is 0 Å². The molecule has 0 spiro atoms. The lowest BCUT2D eigenvalue weighted by Crippen LogP contribution is -2.11. The highest BCUT2D eigenvalue weighted by Crippen LogP contribution is 2.30. The Balaban J connectivity index is 1.84. The number of hydrogen-bond acceptors (Lipinski definition) is 6. The van der Waals surface area contributed by atoms with Crippen molar-refractivity contribution >= 4 is 17.3 Å². The fraction of sp³-hybridized carbons (Fsp3) is 0.182. The number of carbonyl (C=O) groups excluding carboxylic acids is 1. The standard InChI is InChI=1S/C22H20N4O4/c1-3-30-22(27)17-5-4-6-20(26(28)29)21(17)24-13-15-7-9-16(10-8-15)18-11-14(2)25-19(18)12-23/h4-11,24-25H,3,13H2,1-2H3. The number of aromatic amines is 1. The van der Waals surface area contributed by atoms with Crippen LogP contribution in [-0.2, 0) is 11.3 Å². The summed E-state index contributed by atoms with van der Waals surface area (Å²) in [5, 5.41) is 23.7. The van der Waals surface area contributed by atoms with Crippen molar-refractivity contribution in [3.63, 3.8) is 0 Å². The Bertz CT molecular complexity index is 1130. The van der Waals surface area contributed by atoms with Crippen molar-refractivity contribution in [1.82, 2.24) is 4.98 Å². The topological polar surface area (TPSA) is 121 Å². The van der Waals surface area contributed by atoms with E-state index in [2.05, 4.69) is 16.4 Å². The van der Waals surface area contributed by atoms with E-state index < -0.39 is 10.9 Å². The van der Waals surface area contributed by atoms with Crippen LogP contribution in [0.3, 0.4) is 0 Å². The molecule has 0 atom stereocenters. The highest BCUT2D eigenvalue weighted by atomic mass is 16.6. The van der Waals surface area contributed by atoms with Gasteiger partial charge in [0.05, 0.1) is 17.1 Å². The average molecular weight is 404 g/mol. The Labute approximate surface area is 173 Å². The number of esters is 1. The number of nitro groups is 1. The fourth-order valence-corrected chi connectivity index (χ4v) is 3.15. The molecule has 0 aliphatic rings. The zero-order chi connectivity index (χ0) is 21.7. The summed E-state index contributed by atoms with van der Waals surface area (Å²) in [6, 6.07) is 15.8. The number of H-pyrrole nitrogens is 1. The molecule has 2 aromatic carbocycles. The molecule has 30 heavy (non-hydrogen) atoms. The average Bonchev–Trinajstić information content (AvgIpc) is 3.13. The monoisotopic (exact) mass is 404 g/mol. The van der Waals surface area contributed by atoms with Gasteiger partial charge in [-0.05, 0) is 37.1 Å². The number of nitrogens with one attached hydrogen (secondary N) is 2. The molecule has 0 unspecified atom stereocenters. The van der Waals surface area contributed by atoms with Gasteiger partial charge < -0.3 is 15.0 Å². The van der Waals surface area contributed by atoms with E-state index in [0.717, 1.165) is 22.4 Å². The number of nitro benzene ring substituents is 1. The van der Waals surface area contributed by atoms with Gasteiger partial charge in [0.2, 0.25) is 0 Å². The van der Waals surface area contributed by atoms with Crippen LogP contribution in [0.15, 0.2) is 48.5 Å². The SMILES string of the molecule is CCOC(=O)c1cccc([N+](=O)[O-])c1NCc1ccc(-c2cc(C)[nH]c2C#N)cc1. The minimum atomic E-state index is -0.620. The van der Waals surface area contributed by atoms with Gasteiger partial charge in [-0.1, -0.05) is 30.3 Å². The number of rotatable bonds is 7. The van der Waals surface area contributed by atoms with Crippen molar-refractivity contribution in [1.29, 1.82) is 5.26 Å². The van der Waals surface area contributed by atoms with E-state index in [4.69, 9.17) is 4.74 Å². The van der Waals surface area contributed by atoms with E-state index in [9.17, 15) is 20.2 Å². The normalized spacial score (nSPS) is 10.3. The largest absolute Gasteiger partial charge is 0.462 e. The van der Waals surface area contributed by atoms with E-state index in [-0.39, 0.29) is 30.1 Å². The molecule has 0 radical (unpaired) electrons. The molecule has 3 aromatic rings.